The molecule has 0 aliphatic rings. The van der Waals surface area contributed by atoms with E-state index in [1.54, 1.807) is 0 Å². The molecule has 0 aliphatic heterocycles. The summed E-state index contributed by atoms with van der Waals surface area (Å²) in [5.41, 5.74) is 12.1. The summed E-state index contributed by atoms with van der Waals surface area (Å²) in [7, 11) is 0. The number of rotatable bonds is 6. The lowest BCUT2D eigenvalue weighted by molar-refractivity contribution is 0.670. The Kier molecular flexibility index (Phi) is 7.18. The first-order chi connectivity index (χ1) is 25.8. The third kappa shape index (κ3) is 5.12. The molecule has 0 saturated carbocycles. The van der Waals surface area contributed by atoms with Crippen molar-refractivity contribution in [2.45, 2.75) is 0 Å². The molecule has 244 valence electrons. The smallest absolute Gasteiger partial charge is 0.143 e. The summed E-state index contributed by atoms with van der Waals surface area (Å²) in [5, 5.41) is 7.22. The predicted molar refractivity (Wildman–Crippen MR) is 220 cm³/mol. The van der Waals surface area contributed by atoms with Crippen molar-refractivity contribution in [3.8, 4) is 33.4 Å². The Balaban J connectivity index is 1.16. The first kappa shape index (κ1) is 30.0. The SMILES string of the molecule is c1ccc(-c2ccc(N(c3ccc(-c4cccc5c4oc4ccccc45)cc3)c3ccc4ccc5ccccc5c4c3)cc2-c2ccccc2)cc1. The lowest BCUT2D eigenvalue weighted by Gasteiger charge is -2.27. The van der Waals surface area contributed by atoms with Crippen LogP contribution in [0, 0.1) is 0 Å². The van der Waals surface area contributed by atoms with Crippen LogP contribution >= 0.6 is 0 Å². The molecule has 0 aliphatic carbocycles. The van der Waals surface area contributed by atoms with E-state index in [1.165, 1.54) is 43.8 Å². The Morgan fingerprint density at radius 3 is 1.65 bits per heavy atom. The topological polar surface area (TPSA) is 16.4 Å². The average molecular weight is 664 g/mol. The minimum Gasteiger partial charge on any atom is -0.455 e. The van der Waals surface area contributed by atoms with Gasteiger partial charge in [0.15, 0.2) is 0 Å². The molecule has 1 heterocycles. The largest absolute Gasteiger partial charge is 0.455 e. The predicted octanol–water partition coefficient (Wildman–Crippen LogP) is 14.4. The van der Waals surface area contributed by atoms with E-state index in [2.05, 4.69) is 193 Å². The number of furan rings is 1. The molecule has 2 nitrogen and oxygen atoms in total. The van der Waals surface area contributed by atoms with Crippen molar-refractivity contribution in [1.29, 1.82) is 0 Å². The van der Waals surface area contributed by atoms with Crippen molar-refractivity contribution >= 4 is 60.5 Å². The highest BCUT2D eigenvalue weighted by Gasteiger charge is 2.18. The highest BCUT2D eigenvalue weighted by Crippen LogP contribution is 2.43. The Bertz CT molecular complexity index is 2890. The van der Waals surface area contributed by atoms with Crippen molar-refractivity contribution in [2.24, 2.45) is 0 Å². The van der Waals surface area contributed by atoms with Gasteiger partial charge in [0.25, 0.3) is 0 Å². The number of nitrogens with zero attached hydrogens (tertiary/aromatic N) is 1. The van der Waals surface area contributed by atoms with E-state index in [1.807, 2.05) is 12.1 Å². The quantitative estimate of drug-likeness (QED) is 0.165. The first-order valence-electron chi connectivity index (χ1n) is 17.8. The van der Waals surface area contributed by atoms with Gasteiger partial charge in [-0.3, -0.25) is 0 Å². The molecule has 10 rings (SSSR count). The Labute approximate surface area is 302 Å². The van der Waals surface area contributed by atoms with Crippen LogP contribution in [0.1, 0.15) is 0 Å². The number of para-hydroxylation sites is 2. The number of benzene rings is 9. The van der Waals surface area contributed by atoms with E-state index >= 15 is 0 Å². The first-order valence-corrected chi connectivity index (χ1v) is 17.8. The number of anilines is 3. The second kappa shape index (κ2) is 12.5. The van der Waals surface area contributed by atoms with Gasteiger partial charge in [-0.1, -0.05) is 158 Å². The van der Waals surface area contributed by atoms with Crippen LogP contribution < -0.4 is 4.90 Å². The molecule has 10 aromatic rings. The van der Waals surface area contributed by atoms with Gasteiger partial charge in [-0.2, -0.15) is 0 Å². The average Bonchev–Trinajstić information content (AvgIpc) is 3.61. The van der Waals surface area contributed by atoms with Crippen molar-refractivity contribution < 1.29 is 4.42 Å². The summed E-state index contributed by atoms with van der Waals surface area (Å²) in [4.78, 5) is 2.38. The third-order valence-electron chi connectivity index (χ3n) is 10.3. The van der Waals surface area contributed by atoms with Crippen LogP contribution in [-0.2, 0) is 0 Å². The second-order valence-corrected chi connectivity index (χ2v) is 13.3. The van der Waals surface area contributed by atoms with Crippen LogP contribution in [-0.4, -0.2) is 0 Å². The molecular weight excluding hydrogens is 631 g/mol. The maximum absolute atomic E-state index is 6.42. The van der Waals surface area contributed by atoms with E-state index in [-0.39, 0.29) is 0 Å². The van der Waals surface area contributed by atoms with Gasteiger partial charge in [-0.25, -0.2) is 0 Å². The highest BCUT2D eigenvalue weighted by atomic mass is 16.3. The van der Waals surface area contributed by atoms with Crippen LogP contribution in [0.25, 0.3) is 76.9 Å². The molecule has 0 spiro atoms. The molecule has 1 aromatic heterocycles. The van der Waals surface area contributed by atoms with E-state index in [0.29, 0.717) is 0 Å². The molecule has 9 aromatic carbocycles. The van der Waals surface area contributed by atoms with Crippen molar-refractivity contribution in [1.82, 2.24) is 0 Å². The fourth-order valence-electron chi connectivity index (χ4n) is 7.74. The summed E-state index contributed by atoms with van der Waals surface area (Å²) >= 11 is 0. The fraction of sp³-hybridized carbons (Fsp3) is 0. The van der Waals surface area contributed by atoms with Crippen LogP contribution in [0.2, 0.25) is 0 Å². The standard InChI is InChI=1S/C50H33NO/c1-3-12-34(13-4-1)43-31-30-41(33-47(43)35-14-5-2-6-15-35)51(40-29-26-38-23-22-36-16-7-8-17-42(36)48(38)32-40)39-27-24-37(25-28-39)44-19-11-20-46-45-18-9-10-21-49(45)52-50(44)46/h1-33H. The number of fused-ring (bicyclic) bond motifs is 6. The van der Waals surface area contributed by atoms with E-state index < -0.39 is 0 Å². The molecule has 0 amide bonds. The van der Waals surface area contributed by atoms with Crippen LogP contribution in [0.15, 0.2) is 205 Å². The lowest BCUT2D eigenvalue weighted by atomic mass is 9.93. The fourth-order valence-corrected chi connectivity index (χ4v) is 7.74. The molecule has 2 heteroatoms. The Morgan fingerprint density at radius 2 is 0.865 bits per heavy atom. The van der Waals surface area contributed by atoms with Crippen molar-refractivity contribution in [3.05, 3.63) is 200 Å². The summed E-state index contributed by atoms with van der Waals surface area (Å²) < 4.78 is 6.42. The van der Waals surface area contributed by atoms with Gasteiger partial charge in [-0.05, 0) is 91.8 Å². The minimum atomic E-state index is 0.907. The van der Waals surface area contributed by atoms with Crippen LogP contribution in [0.3, 0.4) is 0 Å². The Morgan fingerprint density at radius 1 is 0.308 bits per heavy atom. The maximum atomic E-state index is 6.42. The highest BCUT2D eigenvalue weighted by molar-refractivity contribution is 6.10. The minimum absolute atomic E-state index is 0.907. The van der Waals surface area contributed by atoms with E-state index in [9.17, 15) is 0 Å². The van der Waals surface area contributed by atoms with Gasteiger partial charge in [0.1, 0.15) is 11.2 Å². The Hall–Kier alpha value is -6.90. The van der Waals surface area contributed by atoms with E-state index in [0.717, 1.165) is 50.1 Å². The van der Waals surface area contributed by atoms with Gasteiger partial charge < -0.3 is 9.32 Å². The summed E-state index contributed by atoms with van der Waals surface area (Å²) in [6.45, 7) is 0. The van der Waals surface area contributed by atoms with Gasteiger partial charge >= 0.3 is 0 Å². The monoisotopic (exact) mass is 663 g/mol. The zero-order chi connectivity index (χ0) is 34.4. The molecule has 52 heavy (non-hydrogen) atoms. The zero-order valence-corrected chi connectivity index (χ0v) is 28.4. The molecule has 0 bridgehead atoms. The zero-order valence-electron chi connectivity index (χ0n) is 28.4. The summed E-state index contributed by atoms with van der Waals surface area (Å²) in [5.74, 6) is 0. The normalized spacial score (nSPS) is 11.5. The van der Waals surface area contributed by atoms with E-state index in [4.69, 9.17) is 4.42 Å². The molecule has 0 atom stereocenters. The molecule has 0 N–H and O–H groups in total. The van der Waals surface area contributed by atoms with Gasteiger partial charge in [0, 0.05) is 33.4 Å². The van der Waals surface area contributed by atoms with Gasteiger partial charge in [0.2, 0.25) is 0 Å². The molecule has 0 unspecified atom stereocenters. The third-order valence-corrected chi connectivity index (χ3v) is 10.3. The number of hydrogen-bond donors (Lipinski definition) is 0. The molecule has 0 fully saturated rings. The maximum Gasteiger partial charge on any atom is 0.143 e. The van der Waals surface area contributed by atoms with Gasteiger partial charge in [-0.15, -0.1) is 0 Å². The summed E-state index contributed by atoms with van der Waals surface area (Å²) in [6, 6.07) is 71.8. The van der Waals surface area contributed by atoms with Crippen LogP contribution in [0.4, 0.5) is 17.1 Å². The molecular formula is C50H33NO. The number of hydrogen-bond acceptors (Lipinski definition) is 2. The van der Waals surface area contributed by atoms with Gasteiger partial charge in [0.05, 0.1) is 0 Å². The summed E-state index contributed by atoms with van der Waals surface area (Å²) in [6.07, 6.45) is 0. The van der Waals surface area contributed by atoms with Crippen LogP contribution in [0.5, 0.6) is 0 Å². The molecule has 0 radical (unpaired) electrons. The second-order valence-electron chi connectivity index (χ2n) is 13.3. The van der Waals surface area contributed by atoms with Crippen molar-refractivity contribution in [3.63, 3.8) is 0 Å². The van der Waals surface area contributed by atoms with Crippen molar-refractivity contribution in [2.75, 3.05) is 4.90 Å². The molecule has 0 saturated heterocycles. The lowest BCUT2D eigenvalue weighted by Crippen LogP contribution is -2.10.